The number of allylic oxidation sites excluding steroid dienone is 1. The molecule has 4 unspecified atom stereocenters. The molecule has 0 aromatic heterocycles. The molecular weight excluding hydrogens is 712 g/mol. The number of nitrogens with two attached hydrogens (primary N) is 1. The first kappa shape index (κ1) is 43.6. The molecule has 0 aromatic rings. The van der Waals surface area contributed by atoms with Crippen LogP contribution in [0.2, 0.25) is 0 Å². The number of ether oxygens (including phenoxy) is 5. The third-order valence-electron chi connectivity index (χ3n) is 10.3. The number of rotatable bonds is 17. The van der Waals surface area contributed by atoms with Crippen LogP contribution in [0.4, 0.5) is 0 Å². The summed E-state index contributed by atoms with van der Waals surface area (Å²) < 4.78 is 29.5. The van der Waals surface area contributed by atoms with E-state index in [4.69, 9.17) is 34.5 Å². The van der Waals surface area contributed by atoms with Crippen LogP contribution in [0, 0.1) is 23.7 Å². The van der Waals surface area contributed by atoms with Gasteiger partial charge in [0.15, 0.2) is 18.4 Å². The Balaban J connectivity index is 1.71. The van der Waals surface area contributed by atoms with Crippen LogP contribution < -0.4 is 21.1 Å². The van der Waals surface area contributed by atoms with E-state index >= 15 is 0 Å². The van der Waals surface area contributed by atoms with Crippen molar-refractivity contribution in [1.29, 1.82) is 0 Å². The highest BCUT2D eigenvalue weighted by Gasteiger charge is 2.57. The fourth-order valence-corrected chi connectivity index (χ4v) is 7.52. The van der Waals surface area contributed by atoms with Crippen LogP contribution in [0.1, 0.15) is 46.0 Å². The number of aliphatic carboxylic acids is 1. The molecule has 4 aliphatic rings. The Morgan fingerprint density at radius 2 is 1.89 bits per heavy atom. The van der Waals surface area contributed by atoms with Crippen LogP contribution in [0.5, 0.6) is 0 Å². The van der Waals surface area contributed by atoms with Gasteiger partial charge in [-0.1, -0.05) is 18.2 Å². The zero-order valence-electron chi connectivity index (χ0n) is 30.9. The van der Waals surface area contributed by atoms with Crippen LogP contribution >= 0.6 is 0 Å². The van der Waals surface area contributed by atoms with E-state index in [0.717, 1.165) is 17.7 Å². The molecule has 2 saturated heterocycles. The first-order valence-corrected chi connectivity index (χ1v) is 18.7. The molecular formula is C36H58N4O14. The number of guanidine groups is 1. The number of esters is 1. The zero-order valence-corrected chi connectivity index (χ0v) is 30.9. The molecule has 3 aliphatic heterocycles. The van der Waals surface area contributed by atoms with Crippen LogP contribution in [0.3, 0.4) is 0 Å². The molecule has 54 heavy (non-hydrogen) atoms. The van der Waals surface area contributed by atoms with E-state index in [1.807, 2.05) is 0 Å². The molecule has 3 heterocycles. The van der Waals surface area contributed by atoms with E-state index in [0.29, 0.717) is 25.8 Å². The van der Waals surface area contributed by atoms with Gasteiger partial charge in [-0.3, -0.25) is 4.99 Å². The van der Waals surface area contributed by atoms with Crippen LogP contribution in [0.25, 0.3) is 0 Å². The summed E-state index contributed by atoms with van der Waals surface area (Å²) in [6.45, 7) is 7.12. The number of hydrogen-bond donors (Lipinski definition) is 9. The van der Waals surface area contributed by atoms with Gasteiger partial charge in [-0.2, -0.15) is 0 Å². The number of carboxylic acid groups (broad SMARTS) is 1. The quantitative estimate of drug-likeness (QED) is 0.0169. The van der Waals surface area contributed by atoms with Crippen LogP contribution in [-0.2, 0) is 33.3 Å². The lowest BCUT2D eigenvalue weighted by atomic mass is 9.79. The first-order chi connectivity index (χ1) is 25.7. The topological polar surface area (TPSA) is 280 Å². The molecule has 0 radical (unpaired) electrons. The Bertz CT molecular complexity index is 1340. The monoisotopic (exact) mass is 770 g/mol. The van der Waals surface area contributed by atoms with Gasteiger partial charge in [-0.15, -0.1) is 6.58 Å². The number of aliphatic hydroxyl groups excluding tert-OH is 4. The summed E-state index contributed by atoms with van der Waals surface area (Å²) in [7, 11) is 0. The molecule has 0 spiro atoms. The van der Waals surface area contributed by atoms with Crippen molar-refractivity contribution in [1.82, 2.24) is 5.32 Å². The number of carbonyl (C=O) groups is 2. The van der Waals surface area contributed by atoms with Gasteiger partial charge in [-0.25, -0.2) is 4.79 Å². The second-order valence-corrected chi connectivity index (χ2v) is 14.5. The number of carboxylic acids is 1. The standard InChI is InChI=1S/C36H58N4O14/c1-4-23-24(11-10-21-16-40(13-15-42)17-25(31(45)46)28(21)39-35(37)38-12-7-14-41)26(32(47)52-22-8-5-6-9-22)19-50-33(23)54-34-30(51-20(2)3)36(48,49)29(44)27(18-43)53-34/h4,10-11,19-25,27-30,33-34,41-44,48-49H,1,5-9,12-18H2,2-3H3,(H,45,46)(H3,37,38,39)/t21?,23-,24+,25?,27-,28?,29-,30-,33-,34+/m1/s1. The van der Waals surface area contributed by atoms with Crippen molar-refractivity contribution in [2.24, 2.45) is 34.4 Å². The Morgan fingerprint density at radius 3 is 2.50 bits per heavy atom. The Kier molecular flexibility index (Phi) is 16.2. The van der Waals surface area contributed by atoms with Crippen molar-refractivity contribution < 1.29 is 73.9 Å². The van der Waals surface area contributed by atoms with Crippen LogP contribution in [-0.4, -0.2) is 149 Å². The highest BCUT2D eigenvalue weighted by molar-refractivity contribution is 5.89. The average Bonchev–Trinajstić information content (AvgIpc) is 3.64. The lowest BCUT2D eigenvalue weighted by Crippen LogP contribution is -3.16. The number of carbonyl (C=O) groups excluding carboxylic acids is 2. The second-order valence-electron chi connectivity index (χ2n) is 14.5. The highest BCUT2D eigenvalue weighted by Crippen LogP contribution is 2.39. The second kappa shape index (κ2) is 20.1. The summed E-state index contributed by atoms with van der Waals surface area (Å²) >= 11 is 0. The van der Waals surface area contributed by atoms with E-state index < -0.39 is 91.0 Å². The molecule has 11 atom stereocenters. The SMILES string of the molecule is C=C[C@H]1[C@@H](O[C@@H]2O[C@H](CO)[C@@H](O)C(O)(O)[C@@H]2OC(C)C)OC=C(C(=O)OC2CCCC2)[C@H]1C=CC1C[NH+](CCO)CC(C(=O)[O-])C1NC(N)=NCCCO. The number of quaternary nitrogens is 1. The van der Waals surface area contributed by atoms with Crippen molar-refractivity contribution in [2.45, 2.75) is 101 Å². The summed E-state index contributed by atoms with van der Waals surface area (Å²) in [5.74, 6) is -8.23. The smallest absolute Gasteiger partial charge is 0.338 e. The largest absolute Gasteiger partial charge is 0.550 e. The number of nitrogens with one attached hydrogen (secondary N) is 2. The van der Waals surface area contributed by atoms with E-state index in [1.165, 1.54) is 12.3 Å². The minimum Gasteiger partial charge on any atom is -0.550 e. The summed E-state index contributed by atoms with van der Waals surface area (Å²) in [4.78, 5) is 31.2. The molecule has 3 fully saturated rings. The third-order valence-corrected chi connectivity index (χ3v) is 10.3. The Hall–Kier alpha value is -3.17. The van der Waals surface area contributed by atoms with Gasteiger partial charge >= 0.3 is 5.97 Å². The molecule has 10 N–H and O–H groups in total. The molecule has 0 bridgehead atoms. The summed E-state index contributed by atoms with van der Waals surface area (Å²) in [5, 5.41) is 76.7. The van der Waals surface area contributed by atoms with E-state index in [9.17, 15) is 40.2 Å². The normalized spacial score (nSPS) is 34.7. The van der Waals surface area contributed by atoms with Crippen LogP contribution in [0.15, 0.2) is 41.6 Å². The molecule has 1 aliphatic carbocycles. The number of aliphatic imine (C=N–C) groups is 1. The number of hydrogen-bond acceptors (Lipinski definition) is 15. The number of likely N-dealkylation sites (tertiary alicyclic amines) is 1. The van der Waals surface area contributed by atoms with Gasteiger partial charge in [-0.05, 0) is 46.0 Å². The van der Waals surface area contributed by atoms with Gasteiger partial charge in [0.2, 0.25) is 12.1 Å². The predicted octanol–water partition coefficient (Wildman–Crippen LogP) is -4.22. The van der Waals surface area contributed by atoms with Crippen molar-refractivity contribution >= 4 is 17.9 Å². The Labute approximate surface area is 314 Å². The Morgan fingerprint density at radius 1 is 1.17 bits per heavy atom. The number of piperidine rings is 1. The fourth-order valence-electron chi connectivity index (χ4n) is 7.52. The van der Waals surface area contributed by atoms with Crippen molar-refractivity contribution in [3.05, 3.63) is 36.6 Å². The third kappa shape index (κ3) is 10.8. The van der Waals surface area contributed by atoms with Gasteiger partial charge < -0.3 is 80.2 Å². The highest BCUT2D eigenvalue weighted by atomic mass is 16.8. The molecule has 306 valence electrons. The van der Waals surface area contributed by atoms with Crippen molar-refractivity contribution in [2.75, 3.05) is 46.0 Å². The maximum Gasteiger partial charge on any atom is 0.338 e. The van der Waals surface area contributed by atoms with Crippen molar-refractivity contribution in [3.8, 4) is 0 Å². The predicted molar refractivity (Wildman–Crippen MR) is 187 cm³/mol. The van der Waals surface area contributed by atoms with Crippen molar-refractivity contribution in [3.63, 3.8) is 0 Å². The summed E-state index contributed by atoms with van der Waals surface area (Å²) in [5.41, 5.74) is 6.27. The zero-order chi connectivity index (χ0) is 39.6. The number of aliphatic hydroxyl groups is 6. The summed E-state index contributed by atoms with van der Waals surface area (Å²) in [6, 6.07) is -0.813. The van der Waals surface area contributed by atoms with E-state index in [-0.39, 0.29) is 50.5 Å². The summed E-state index contributed by atoms with van der Waals surface area (Å²) in [6.07, 6.45) is 0.866. The van der Waals surface area contributed by atoms with Gasteiger partial charge in [0.1, 0.15) is 24.9 Å². The van der Waals surface area contributed by atoms with Gasteiger partial charge in [0.05, 0.1) is 68.1 Å². The number of nitrogens with zero attached hydrogens (tertiary/aromatic N) is 1. The first-order valence-electron chi connectivity index (χ1n) is 18.7. The maximum absolute atomic E-state index is 13.7. The average molecular weight is 771 g/mol. The minimum absolute atomic E-state index is 0.0197. The van der Waals surface area contributed by atoms with Gasteiger partial charge in [0, 0.05) is 25.0 Å². The molecule has 0 aromatic carbocycles. The van der Waals surface area contributed by atoms with E-state index in [2.05, 4.69) is 16.9 Å². The lowest BCUT2D eigenvalue weighted by molar-refractivity contribution is -0.911. The fraction of sp³-hybridized carbons (Fsp3) is 0.750. The molecule has 18 nitrogen and oxygen atoms in total. The van der Waals surface area contributed by atoms with E-state index in [1.54, 1.807) is 26.0 Å². The maximum atomic E-state index is 13.7. The lowest BCUT2D eigenvalue weighted by Gasteiger charge is -2.48. The van der Waals surface area contributed by atoms with Gasteiger partial charge in [0.25, 0.3) is 0 Å². The molecule has 4 rings (SSSR count). The molecule has 18 heteroatoms. The molecule has 0 amide bonds. The minimum atomic E-state index is -2.91. The molecule has 1 saturated carbocycles.